The number of nitrogens with zero attached hydrogens (tertiary/aromatic N) is 3. The fraction of sp³-hybridized carbons (Fsp3) is 0.333. The SMILES string of the molecule is O[C@H]1CCN(c2ccnc(Cc3ccccc3)n2)C1. The van der Waals surface area contributed by atoms with Crippen molar-refractivity contribution in [2.24, 2.45) is 0 Å². The van der Waals surface area contributed by atoms with Crippen LogP contribution in [0.4, 0.5) is 5.82 Å². The number of β-amino-alcohol motifs (C(OH)–C–C–N with tert-alkyl or cyclic N) is 1. The zero-order valence-corrected chi connectivity index (χ0v) is 10.7. The molecule has 0 radical (unpaired) electrons. The van der Waals surface area contributed by atoms with E-state index in [9.17, 15) is 5.11 Å². The Kier molecular flexibility index (Phi) is 3.42. The maximum Gasteiger partial charge on any atom is 0.135 e. The van der Waals surface area contributed by atoms with E-state index in [0.717, 1.165) is 31.0 Å². The van der Waals surface area contributed by atoms with Crippen LogP contribution in [0.2, 0.25) is 0 Å². The molecule has 19 heavy (non-hydrogen) atoms. The van der Waals surface area contributed by atoms with Gasteiger partial charge < -0.3 is 10.0 Å². The Morgan fingerprint density at radius 3 is 2.79 bits per heavy atom. The summed E-state index contributed by atoms with van der Waals surface area (Å²) >= 11 is 0. The molecule has 1 N–H and O–H groups in total. The Hall–Kier alpha value is -1.94. The number of aliphatic hydroxyl groups excluding tert-OH is 1. The summed E-state index contributed by atoms with van der Waals surface area (Å²) in [6.07, 6.45) is 3.13. The van der Waals surface area contributed by atoms with Crippen LogP contribution in [0, 0.1) is 0 Å². The summed E-state index contributed by atoms with van der Waals surface area (Å²) < 4.78 is 0. The molecule has 2 aromatic rings. The second-order valence-electron chi connectivity index (χ2n) is 4.88. The van der Waals surface area contributed by atoms with E-state index in [2.05, 4.69) is 27.0 Å². The van der Waals surface area contributed by atoms with Gasteiger partial charge in [-0.2, -0.15) is 0 Å². The fourth-order valence-corrected chi connectivity index (χ4v) is 2.38. The summed E-state index contributed by atoms with van der Waals surface area (Å²) in [4.78, 5) is 11.0. The first-order chi connectivity index (χ1) is 9.31. The minimum absolute atomic E-state index is 0.229. The van der Waals surface area contributed by atoms with Gasteiger partial charge in [0.25, 0.3) is 0 Å². The van der Waals surface area contributed by atoms with Gasteiger partial charge >= 0.3 is 0 Å². The maximum absolute atomic E-state index is 9.58. The molecule has 1 aromatic carbocycles. The Bertz CT molecular complexity index is 544. The summed E-state index contributed by atoms with van der Waals surface area (Å²) in [6, 6.07) is 12.1. The van der Waals surface area contributed by atoms with Crippen molar-refractivity contribution < 1.29 is 5.11 Å². The Morgan fingerprint density at radius 2 is 2.05 bits per heavy atom. The highest BCUT2D eigenvalue weighted by Gasteiger charge is 2.21. The number of rotatable bonds is 3. The first kappa shape index (κ1) is 12.1. The summed E-state index contributed by atoms with van der Waals surface area (Å²) in [6.45, 7) is 1.53. The molecular weight excluding hydrogens is 238 g/mol. The zero-order chi connectivity index (χ0) is 13.1. The van der Waals surface area contributed by atoms with Crippen molar-refractivity contribution in [3.63, 3.8) is 0 Å². The first-order valence-electron chi connectivity index (χ1n) is 6.60. The molecule has 0 aliphatic carbocycles. The normalized spacial score (nSPS) is 18.8. The van der Waals surface area contributed by atoms with E-state index in [4.69, 9.17) is 0 Å². The van der Waals surface area contributed by atoms with E-state index in [1.54, 1.807) is 6.20 Å². The first-order valence-corrected chi connectivity index (χ1v) is 6.60. The number of hydrogen-bond donors (Lipinski definition) is 1. The van der Waals surface area contributed by atoms with Gasteiger partial charge in [0, 0.05) is 25.7 Å². The lowest BCUT2D eigenvalue weighted by Gasteiger charge is -2.16. The predicted molar refractivity (Wildman–Crippen MR) is 74.1 cm³/mol. The Balaban J connectivity index is 1.76. The lowest BCUT2D eigenvalue weighted by atomic mass is 10.1. The monoisotopic (exact) mass is 255 g/mol. The van der Waals surface area contributed by atoms with Crippen molar-refractivity contribution in [1.82, 2.24) is 9.97 Å². The molecule has 1 atom stereocenters. The van der Waals surface area contributed by atoms with Gasteiger partial charge in [-0.25, -0.2) is 9.97 Å². The van der Waals surface area contributed by atoms with Gasteiger partial charge in [0.05, 0.1) is 6.10 Å². The minimum atomic E-state index is -0.229. The van der Waals surface area contributed by atoms with Crippen molar-refractivity contribution in [2.75, 3.05) is 18.0 Å². The number of hydrogen-bond acceptors (Lipinski definition) is 4. The molecule has 0 saturated carbocycles. The van der Waals surface area contributed by atoms with Crippen LogP contribution >= 0.6 is 0 Å². The van der Waals surface area contributed by atoms with Crippen LogP contribution in [-0.2, 0) is 6.42 Å². The molecule has 1 aromatic heterocycles. The molecule has 1 saturated heterocycles. The number of benzene rings is 1. The van der Waals surface area contributed by atoms with E-state index in [0.29, 0.717) is 6.54 Å². The van der Waals surface area contributed by atoms with Crippen LogP contribution in [0.5, 0.6) is 0 Å². The quantitative estimate of drug-likeness (QED) is 0.905. The van der Waals surface area contributed by atoms with Crippen molar-refractivity contribution in [2.45, 2.75) is 18.9 Å². The maximum atomic E-state index is 9.58. The van der Waals surface area contributed by atoms with Gasteiger partial charge in [-0.05, 0) is 18.1 Å². The molecule has 2 heterocycles. The molecule has 0 spiro atoms. The lowest BCUT2D eigenvalue weighted by Crippen LogP contribution is -2.22. The van der Waals surface area contributed by atoms with Gasteiger partial charge in [-0.1, -0.05) is 30.3 Å². The van der Waals surface area contributed by atoms with Crippen LogP contribution < -0.4 is 4.90 Å². The largest absolute Gasteiger partial charge is 0.391 e. The molecule has 3 rings (SSSR count). The Morgan fingerprint density at radius 1 is 1.21 bits per heavy atom. The van der Waals surface area contributed by atoms with E-state index >= 15 is 0 Å². The highest BCUT2D eigenvalue weighted by molar-refractivity contribution is 5.39. The highest BCUT2D eigenvalue weighted by Crippen LogP contribution is 2.18. The molecule has 0 bridgehead atoms. The Labute approximate surface area is 112 Å². The smallest absolute Gasteiger partial charge is 0.135 e. The summed E-state index contributed by atoms with van der Waals surface area (Å²) in [5.74, 6) is 1.74. The molecule has 0 amide bonds. The van der Waals surface area contributed by atoms with Crippen molar-refractivity contribution in [1.29, 1.82) is 0 Å². The zero-order valence-electron chi connectivity index (χ0n) is 10.7. The van der Waals surface area contributed by atoms with Gasteiger partial charge in [0.1, 0.15) is 11.6 Å². The molecule has 1 fully saturated rings. The van der Waals surface area contributed by atoms with E-state index < -0.39 is 0 Å². The molecule has 98 valence electrons. The summed E-state index contributed by atoms with van der Waals surface area (Å²) in [5, 5.41) is 9.58. The topological polar surface area (TPSA) is 49.2 Å². The third-order valence-corrected chi connectivity index (χ3v) is 3.38. The van der Waals surface area contributed by atoms with Gasteiger partial charge in [0.15, 0.2) is 0 Å². The van der Waals surface area contributed by atoms with Crippen molar-refractivity contribution in [3.05, 3.63) is 54.0 Å². The second-order valence-corrected chi connectivity index (χ2v) is 4.88. The van der Waals surface area contributed by atoms with Crippen LogP contribution in [0.1, 0.15) is 17.8 Å². The number of aliphatic hydroxyl groups is 1. The van der Waals surface area contributed by atoms with Crippen LogP contribution in [0.15, 0.2) is 42.6 Å². The van der Waals surface area contributed by atoms with Crippen LogP contribution in [-0.4, -0.2) is 34.3 Å². The summed E-state index contributed by atoms with van der Waals surface area (Å²) in [7, 11) is 0. The molecule has 0 unspecified atom stereocenters. The molecule has 4 nitrogen and oxygen atoms in total. The average Bonchev–Trinajstić information content (AvgIpc) is 2.87. The average molecular weight is 255 g/mol. The molecule has 4 heteroatoms. The third-order valence-electron chi connectivity index (χ3n) is 3.38. The van der Waals surface area contributed by atoms with E-state index in [1.807, 2.05) is 24.3 Å². The minimum Gasteiger partial charge on any atom is -0.391 e. The highest BCUT2D eigenvalue weighted by atomic mass is 16.3. The van der Waals surface area contributed by atoms with Gasteiger partial charge in [0.2, 0.25) is 0 Å². The fourth-order valence-electron chi connectivity index (χ4n) is 2.38. The van der Waals surface area contributed by atoms with Gasteiger partial charge in [-0.3, -0.25) is 0 Å². The molecular formula is C15H17N3O. The van der Waals surface area contributed by atoms with Crippen LogP contribution in [0.3, 0.4) is 0 Å². The number of anilines is 1. The lowest BCUT2D eigenvalue weighted by molar-refractivity contribution is 0.198. The standard InChI is InChI=1S/C15H17N3O/c19-13-7-9-18(11-13)15-6-8-16-14(17-15)10-12-4-2-1-3-5-12/h1-6,8,13,19H,7,9-11H2/t13-/m0/s1. The van der Waals surface area contributed by atoms with Gasteiger partial charge in [-0.15, -0.1) is 0 Å². The van der Waals surface area contributed by atoms with E-state index in [-0.39, 0.29) is 6.10 Å². The van der Waals surface area contributed by atoms with E-state index in [1.165, 1.54) is 5.56 Å². The van der Waals surface area contributed by atoms with Crippen molar-refractivity contribution in [3.8, 4) is 0 Å². The second kappa shape index (κ2) is 5.36. The summed E-state index contributed by atoms with van der Waals surface area (Å²) in [5.41, 5.74) is 1.21. The number of aromatic nitrogens is 2. The molecule has 1 aliphatic rings. The predicted octanol–water partition coefficient (Wildman–Crippen LogP) is 1.64. The van der Waals surface area contributed by atoms with Crippen LogP contribution in [0.25, 0.3) is 0 Å². The molecule has 1 aliphatic heterocycles. The van der Waals surface area contributed by atoms with Crippen molar-refractivity contribution >= 4 is 5.82 Å². The third kappa shape index (κ3) is 2.90.